The SMILES string of the molecule is C#CCOC(=O)N[C@@H](C(=O)N[C@@H](C)C(=O)OC)c1ccccc1. The third-order valence-electron chi connectivity index (χ3n) is 2.86. The number of alkyl carbamates (subject to hydrolysis) is 1. The molecule has 0 radical (unpaired) electrons. The van der Waals surface area contributed by atoms with Crippen LogP contribution in [0.25, 0.3) is 0 Å². The van der Waals surface area contributed by atoms with Gasteiger partial charge in [0.25, 0.3) is 0 Å². The van der Waals surface area contributed by atoms with E-state index in [9.17, 15) is 14.4 Å². The minimum atomic E-state index is -1.03. The molecule has 122 valence electrons. The largest absolute Gasteiger partial charge is 0.467 e. The molecule has 0 aromatic heterocycles. The second-order valence-corrected chi connectivity index (χ2v) is 4.52. The number of rotatable bonds is 6. The van der Waals surface area contributed by atoms with Crippen LogP contribution in [0.1, 0.15) is 18.5 Å². The number of hydrogen-bond donors (Lipinski definition) is 2. The first-order chi connectivity index (χ1) is 11.0. The molecule has 0 saturated heterocycles. The highest BCUT2D eigenvalue weighted by Crippen LogP contribution is 2.13. The molecule has 0 spiro atoms. The van der Waals surface area contributed by atoms with Crippen LogP contribution in [0.5, 0.6) is 0 Å². The molecule has 1 aromatic carbocycles. The van der Waals surface area contributed by atoms with Crippen LogP contribution in [0.4, 0.5) is 4.79 Å². The summed E-state index contributed by atoms with van der Waals surface area (Å²) in [7, 11) is 1.22. The van der Waals surface area contributed by atoms with E-state index in [1.54, 1.807) is 30.3 Å². The van der Waals surface area contributed by atoms with Crippen molar-refractivity contribution in [3.8, 4) is 12.3 Å². The number of ether oxygens (including phenoxy) is 2. The van der Waals surface area contributed by atoms with Crippen LogP contribution in [0.15, 0.2) is 30.3 Å². The monoisotopic (exact) mass is 318 g/mol. The Balaban J connectivity index is 2.87. The maximum atomic E-state index is 12.4. The number of amides is 2. The highest BCUT2D eigenvalue weighted by molar-refractivity contribution is 5.90. The summed E-state index contributed by atoms with van der Waals surface area (Å²) in [5, 5.41) is 4.88. The Labute approximate surface area is 134 Å². The quantitative estimate of drug-likeness (QED) is 0.597. The van der Waals surface area contributed by atoms with Crippen molar-refractivity contribution < 1.29 is 23.9 Å². The van der Waals surface area contributed by atoms with E-state index in [-0.39, 0.29) is 6.61 Å². The van der Waals surface area contributed by atoms with Gasteiger partial charge < -0.3 is 20.1 Å². The maximum Gasteiger partial charge on any atom is 0.409 e. The molecule has 0 aliphatic carbocycles. The lowest BCUT2D eigenvalue weighted by atomic mass is 10.1. The van der Waals surface area contributed by atoms with Gasteiger partial charge in [-0.3, -0.25) is 4.79 Å². The Bertz CT molecular complexity index is 594. The second kappa shape index (κ2) is 9.10. The van der Waals surface area contributed by atoms with E-state index in [2.05, 4.69) is 21.3 Å². The normalized spacial score (nSPS) is 12.2. The minimum Gasteiger partial charge on any atom is -0.467 e. The van der Waals surface area contributed by atoms with E-state index in [1.165, 1.54) is 14.0 Å². The Morgan fingerprint density at radius 2 is 1.87 bits per heavy atom. The molecule has 0 bridgehead atoms. The summed E-state index contributed by atoms with van der Waals surface area (Å²) in [4.78, 5) is 35.4. The lowest BCUT2D eigenvalue weighted by Gasteiger charge is -2.20. The zero-order valence-corrected chi connectivity index (χ0v) is 12.9. The number of methoxy groups -OCH3 is 1. The van der Waals surface area contributed by atoms with E-state index >= 15 is 0 Å². The lowest BCUT2D eigenvalue weighted by Crippen LogP contribution is -2.46. The molecule has 0 saturated carbocycles. The van der Waals surface area contributed by atoms with Crippen molar-refractivity contribution in [1.29, 1.82) is 0 Å². The highest BCUT2D eigenvalue weighted by atomic mass is 16.5. The van der Waals surface area contributed by atoms with Gasteiger partial charge in [-0.15, -0.1) is 6.42 Å². The number of hydrogen-bond acceptors (Lipinski definition) is 5. The van der Waals surface area contributed by atoms with Gasteiger partial charge in [0.2, 0.25) is 5.91 Å². The van der Waals surface area contributed by atoms with Crippen LogP contribution in [0.2, 0.25) is 0 Å². The molecule has 2 amide bonds. The predicted octanol–water partition coefficient (Wildman–Crippen LogP) is 0.765. The van der Waals surface area contributed by atoms with Gasteiger partial charge in [0.1, 0.15) is 12.1 Å². The second-order valence-electron chi connectivity index (χ2n) is 4.52. The fourth-order valence-electron chi connectivity index (χ4n) is 1.74. The molecule has 1 aromatic rings. The molecule has 0 aliphatic heterocycles. The van der Waals surface area contributed by atoms with Crippen molar-refractivity contribution in [3.63, 3.8) is 0 Å². The summed E-state index contributed by atoms with van der Waals surface area (Å²) in [6, 6.07) is 6.63. The first kappa shape index (κ1) is 18.0. The molecular weight excluding hydrogens is 300 g/mol. The highest BCUT2D eigenvalue weighted by Gasteiger charge is 2.26. The van der Waals surface area contributed by atoms with Crippen LogP contribution in [0.3, 0.4) is 0 Å². The summed E-state index contributed by atoms with van der Waals surface area (Å²) in [5.74, 6) is 0.977. The van der Waals surface area contributed by atoms with Crippen LogP contribution >= 0.6 is 0 Å². The topological polar surface area (TPSA) is 93.7 Å². The fourth-order valence-corrected chi connectivity index (χ4v) is 1.74. The number of carbonyl (C=O) groups is 3. The first-order valence-corrected chi connectivity index (χ1v) is 6.79. The molecule has 2 atom stereocenters. The standard InChI is InChI=1S/C16H18N2O5/c1-4-10-23-16(21)18-13(12-8-6-5-7-9-12)14(19)17-11(2)15(20)22-3/h1,5-9,11,13H,10H2,2-3H3,(H,17,19)(H,18,21)/t11-,13+/m0/s1. The Hall–Kier alpha value is -3.01. The summed E-state index contributed by atoms with van der Waals surface area (Å²) in [6.45, 7) is 1.26. The van der Waals surface area contributed by atoms with E-state index in [4.69, 9.17) is 11.2 Å². The molecule has 7 nitrogen and oxygen atoms in total. The number of benzene rings is 1. The van der Waals surface area contributed by atoms with Crippen molar-refractivity contribution >= 4 is 18.0 Å². The van der Waals surface area contributed by atoms with E-state index < -0.39 is 30.1 Å². The number of carbonyl (C=O) groups excluding carboxylic acids is 3. The van der Waals surface area contributed by atoms with Gasteiger partial charge >= 0.3 is 12.1 Å². The molecule has 23 heavy (non-hydrogen) atoms. The summed E-state index contributed by atoms with van der Waals surface area (Å²) in [6.07, 6.45) is 4.17. The van der Waals surface area contributed by atoms with Gasteiger partial charge in [0.15, 0.2) is 6.61 Å². The summed E-state index contributed by atoms with van der Waals surface area (Å²) in [5.41, 5.74) is 0.528. The molecule has 1 rings (SSSR count). The number of terminal acetylenes is 1. The van der Waals surface area contributed by atoms with E-state index in [1.807, 2.05) is 0 Å². The zero-order chi connectivity index (χ0) is 17.2. The van der Waals surface area contributed by atoms with Crippen LogP contribution in [-0.4, -0.2) is 37.7 Å². The first-order valence-electron chi connectivity index (χ1n) is 6.79. The minimum absolute atomic E-state index is 0.215. The Morgan fingerprint density at radius 1 is 1.22 bits per heavy atom. The number of nitrogens with one attached hydrogen (secondary N) is 2. The van der Waals surface area contributed by atoms with Gasteiger partial charge in [0, 0.05) is 0 Å². The van der Waals surface area contributed by atoms with Gasteiger partial charge in [-0.2, -0.15) is 0 Å². The van der Waals surface area contributed by atoms with Crippen LogP contribution in [-0.2, 0) is 19.1 Å². The molecule has 0 heterocycles. The molecule has 7 heteroatoms. The predicted molar refractivity (Wildman–Crippen MR) is 82.1 cm³/mol. The smallest absolute Gasteiger partial charge is 0.409 e. The van der Waals surface area contributed by atoms with Crippen molar-refractivity contribution in [1.82, 2.24) is 10.6 Å². The van der Waals surface area contributed by atoms with Gasteiger partial charge in [-0.1, -0.05) is 36.3 Å². The van der Waals surface area contributed by atoms with Crippen molar-refractivity contribution in [3.05, 3.63) is 35.9 Å². The maximum absolute atomic E-state index is 12.4. The van der Waals surface area contributed by atoms with Crippen LogP contribution in [0, 0.1) is 12.3 Å². The Kier molecular flexibility index (Phi) is 7.14. The average molecular weight is 318 g/mol. The summed E-state index contributed by atoms with van der Waals surface area (Å²) < 4.78 is 9.25. The van der Waals surface area contributed by atoms with Gasteiger partial charge in [-0.25, -0.2) is 9.59 Å². The molecule has 2 N–H and O–H groups in total. The summed E-state index contributed by atoms with van der Waals surface area (Å²) >= 11 is 0. The number of esters is 1. The fraction of sp³-hybridized carbons (Fsp3) is 0.312. The molecule has 0 unspecified atom stereocenters. The molecule has 0 fully saturated rings. The van der Waals surface area contributed by atoms with Crippen molar-refractivity contribution in [2.45, 2.75) is 19.0 Å². The van der Waals surface area contributed by atoms with E-state index in [0.29, 0.717) is 5.56 Å². The van der Waals surface area contributed by atoms with Gasteiger partial charge in [0.05, 0.1) is 7.11 Å². The molecular formula is C16H18N2O5. The zero-order valence-electron chi connectivity index (χ0n) is 12.9. The average Bonchev–Trinajstić information content (AvgIpc) is 2.57. The lowest BCUT2D eigenvalue weighted by molar-refractivity contribution is -0.144. The van der Waals surface area contributed by atoms with Crippen molar-refractivity contribution in [2.75, 3.05) is 13.7 Å². The third-order valence-corrected chi connectivity index (χ3v) is 2.86. The Morgan fingerprint density at radius 3 is 2.43 bits per heavy atom. The third kappa shape index (κ3) is 5.71. The van der Waals surface area contributed by atoms with Crippen LogP contribution < -0.4 is 10.6 Å². The van der Waals surface area contributed by atoms with Gasteiger partial charge in [-0.05, 0) is 12.5 Å². The molecule has 0 aliphatic rings. The van der Waals surface area contributed by atoms with E-state index in [0.717, 1.165) is 0 Å². The van der Waals surface area contributed by atoms with Crippen molar-refractivity contribution in [2.24, 2.45) is 0 Å².